The fraction of sp³-hybridized carbons (Fsp3) is 0.222. The molecule has 0 fully saturated rings. The lowest BCUT2D eigenvalue weighted by molar-refractivity contribution is 0.177. The zero-order valence-corrected chi connectivity index (χ0v) is 12.9. The van der Waals surface area contributed by atoms with Gasteiger partial charge in [-0.2, -0.15) is 10.2 Å². The van der Waals surface area contributed by atoms with Gasteiger partial charge in [0.05, 0.1) is 17.6 Å². The minimum absolute atomic E-state index is 0.509. The van der Waals surface area contributed by atoms with Crippen LogP contribution in [0, 0.1) is 0 Å². The quantitative estimate of drug-likeness (QED) is 0.389. The first-order valence-electron chi connectivity index (χ1n) is 7.19. The van der Waals surface area contributed by atoms with Crippen LogP contribution in [-0.2, 0) is 4.74 Å². The molecule has 114 valence electrons. The predicted molar refractivity (Wildman–Crippen MR) is 87.9 cm³/mol. The molecule has 0 aromatic heterocycles. The molecule has 0 heterocycles. The van der Waals surface area contributed by atoms with E-state index in [9.17, 15) is 0 Å². The zero-order valence-electron chi connectivity index (χ0n) is 12.9. The SMILES string of the molecule is CC(C)=COCCOc1ccc(N=Nc2ccccc2)cc1. The summed E-state index contributed by atoms with van der Waals surface area (Å²) in [5.74, 6) is 0.791. The van der Waals surface area contributed by atoms with Crippen LogP contribution >= 0.6 is 0 Å². The first-order chi connectivity index (χ1) is 10.7. The number of hydrogen-bond donors (Lipinski definition) is 0. The molecule has 4 nitrogen and oxygen atoms in total. The molecular weight excluding hydrogens is 276 g/mol. The number of nitrogens with zero attached hydrogens (tertiary/aromatic N) is 2. The van der Waals surface area contributed by atoms with Crippen molar-refractivity contribution in [2.45, 2.75) is 13.8 Å². The fourth-order valence-electron chi connectivity index (χ4n) is 1.65. The van der Waals surface area contributed by atoms with Gasteiger partial charge >= 0.3 is 0 Å². The van der Waals surface area contributed by atoms with Crippen LogP contribution in [0.4, 0.5) is 11.4 Å². The third-order valence-electron chi connectivity index (χ3n) is 2.66. The van der Waals surface area contributed by atoms with Crippen molar-refractivity contribution in [1.29, 1.82) is 0 Å². The molecule has 2 aromatic carbocycles. The lowest BCUT2D eigenvalue weighted by Gasteiger charge is -2.06. The standard InChI is InChI=1S/C18H20N2O2/c1-15(2)14-21-12-13-22-18-10-8-17(9-11-18)20-19-16-6-4-3-5-7-16/h3-11,14H,12-13H2,1-2H3. The second kappa shape index (κ2) is 8.62. The van der Waals surface area contributed by atoms with Crippen molar-refractivity contribution < 1.29 is 9.47 Å². The van der Waals surface area contributed by atoms with Gasteiger partial charge in [0.15, 0.2) is 0 Å². The molecule has 22 heavy (non-hydrogen) atoms. The molecule has 2 aromatic rings. The highest BCUT2D eigenvalue weighted by atomic mass is 16.5. The van der Waals surface area contributed by atoms with Crippen molar-refractivity contribution in [3.8, 4) is 5.75 Å². The molecule has 0 atom stereocenters. The van der Waals surface area contributed by atoms with Crippen LogP contribution in [0.2, 0.25) is 0 Å². The van der Waals surface area contributed by atoms with Crippen molar-refractivity contribution >= 4 is 11.4 Å². The van der Waals surface area contributed by atoms with Gasteiger partial charge in [-0.3, -0.25) is 0 Å². The van der Waals surface area contributed by atoms with Gasteiger partial charge in [-0.05, 0) is 55.8 Å². The van der Waals surface area contributed by atoms with Crippen LogP contribution in [0.5, 0.6) is 5.75 Å². The summed E-state index contributed by atoms with van der Waals surface area (Å²) in [4.78, 5) is 0. The minimum Gasteiger partial charge on any atom is -0.498 e. The van der Waals surface area contributed by atoms with Crippen LogP contribution in [0.25, 0.3) is 0 Å². The predicted octanol–water partition coefficient (Wildman–Crippen LogP) is 5.42. The topological polar surface area (TPSA) is 43.2 Å². The van der Waals surface area contributed by atoms with E-state index in [2.05, 4.69) is 10.2 Å². The van der Waals surface area contributed by atoms with E-state index < -0.39 is 0 Å². The van der Waals surface area contributed by atoms with E-state index in [1.807, 2.05) is 68.4 Å². The third-order valence-corrected chi connectivity index (χ3v) is 2.66. The molecule has 0 aliphatic heterocycles. The Morgan fingerprint density at radius 2 is 1.50 bits per heavy atom. The number of hydrogen-bond acceptors (Lipinski definition) is 4. The summed E-state index contributed by atoms with van der Waals surface area (Å²) in [7, 11) is 0. The van der Waals surface area contributed by atoms with Crippen molar-refractivity contribution in [1.82, 2.24) is 0 Å². The third kappa shape index (κ3) is 5.79. The Morgan fingerprint density at radius 3 is 2.14 bits per heavy atom. The van der Waals surface area contributed by atoms with Crippen LogP contribution in [0.1, 0.15) is 13.8 Å². The maximum atomic E-state index is 5.58. The van der Waals surface area contributed by atoms with Crippen molar-refractivity contribution in [2.75, 3.05) is 13.2 Å². The second-order valence-corrected chi connectivity index (χ2v) is 4.94. The van der Waals surface area contributed by atoms with E-state index in [-0.39, 0.29) is 0 Å². The number of allylic oxidation sites excluding steroid dienone is 1. The smallest absolute Gasteiger partial charge is 0.122 e. The Labute approximate surface area is 131 Å². The normalized spacial score (nSPS) is 10.5. The van der Waals surface area contributed by atoms with Gasteiger partial charge in [0, 0.05) is 0 Å². The van der Waals surface area contributed by atoms with Crippen molar-refractivity contribution in [3.05, 3.63) is 66.4 Å². The van der Waals surface area contributed by atoms with Gasteiger partial charge in [0.2, 0.25) is 0 Å². The molecule has 0 radical (unpaired) electrons. The van der Waals surface area contributed by atoms with Gasteiger partial charge in [0.1, 0.15) is 19.0 Å². The molecule has 0 saturated heterocycles. The number of azo groups is 1. The fourth-order valence-corrected chi connectivity index (χ4v) is 1.65. The Bertz CT molecular complexity index is 615. The van der Waals surface area contributed by atoms with E-state index in [1.54, 1.807) is 6.26 Å². The average molecular weight is 296 g/mol. The van der Waals surface area contributed by atoms with E-state index >= 15 is 0 Å². The van der Waals surface area contributed by atoms with E-state index in [0.29, 0.717) is 13.2 Å². The van der Waals surface area contributed by atoms with Crippen LogP contribution < -0.4 is 4.74 Å². The maximum absolute atomic E-state index is 5.58. The Kier molecular flexibility index (Phi) is 6.18. The van der Waals surface area contributed by atoms with Gasteiger partial charge in [-0.15, -0.1) is 0 Å². The van der Waals surface area contributed by atoms with E-state index in [0.717, 1.165) is 22.7 Å². The molecule has 4 heteroatoms. The minimum atomic E-state index is 0.509. The second-order valence-electron chi connectivity index (χ2n) is 4.94. The van der Waals surface area contributed by atoms with Crippen molar-refractivity contribution in [2.24, 2.45) is 10.2 Å². The van der Waals surface area contributed by atoms with E-state index in [1.165, 1.54) is 0 Å². The largest absolute Gasteiger partial charge is 0.498 e. The highest BCUT2D eigenvalue weighted by Crippen LogP contribution is 2.21. The van der Waals surface area contributed by atoms with Gasteiger partial charge in [0.25, 0.3) is 0 Å². The first kappa shape index (κ1) is 15.8. The van der Waals surface area contributed by atoms with Crippen LogP contribution in [0.3, 0.4) is 0 Å². The van der Waals surface area contributed by atoms with E-state index in [4.69, 9.17) is 9.47 Å². The van der Waals surface area contributed by atoms with Crippen molar-refractivity contribution in [3.63, 3.8) is 0 Å². The molecule has 0 bridgehead atoms. The molecule has 0 saturated carbocycles. The summed E-state index contributed by atoms with van der Waals surface area (Å²) < 4.78 is 10.9. The lowest BCUT2D eigenvalue weighted by Crippen LogP contribution is -2.03. The number of benzene rings is 2. The summed E-state index contributed by atoms with van der Waals surface area (Å²) in [6, 6.07) is 17.1. The van der Waals surface area contributed by atoms with Crippen LogP contribution in [-0.4, -0.2) is 13.2 Å². The molecule has 0 aliphatic rings. The molecule has 0 amide bonds. The summed E-state index contributed by atoms with van der Waals surface area (Å²) in [6.45, 7) is 5.02. The maximum Gasteiger partial charge on any atom is 0.122 e. The molecule has 0 N–H and O–H groups in total. The molecule has 0 spiro atoms. The highest BCUT2D eigenvalue weighted by molar-refractivity contribution is 5.42. The van der Waals surface area contributed by atoms with Gasteiger partial charge in [-0.25, -0.2) is 0 Å². The monoisotopic (exact) mass is 296 g/mol. The molecule has 0 aliphatic carbocycles. The van der Waals surface area contributed by atoms with Gasteiger partial charge < -0.3 is 9.47 Å². The van der Waals surface area contributed by atoms with Gasteiger partial charge in [-0.1, -0.05) is 18.2 Å². The number of ether oxygens (including phenoxy) is 2. The highest BCUT2D eigenvalue weighted by Gasteiger charge is 1.95. The molecular formula is C18H20N2O2. The molecule has 0 unspecified atom stereocenters. The Hall–Kier alpha value is -2.62. The Morgan fingerprint density at radius 1 is 0.864 bits per heavy atom. The lowest BCUT2D eigenvalue weighted by atomic mass is 10.3. The zero-order chi connectivity index (χ0) is 15.6. The Balaban J connectivity index is 1.80. The van der Waals surface area contributed by atoms with Crippen LogP contribution in [0.15, 0.2) is 76.7 Å². The summed E-state index contributed by atoms with van der Waals surface area (Å²) >= 11 is 0. The summed E-state index contributed by atoms with van der Waals surface area (Å²) in [5, 5.41) is 8.35. The first-order valence-corrected chi connectivity index (χ1v) is 7.19. The summed E-state index contributed by atoms with van der Waals surface area (Å²) in [6.07, 6.45) is 1.73. The number of rotatable bonds is 7. The molecule has 2 rings (SSSR count). The summed E-state index contributed by atoms with van der Waals surface area (Å²) in [5.41, 5.74) is 2.75. The average Bonchev–Trinajstić information content (AvgIpc) is 2.54.